The van der Waals surface area contributed by atoms with E-state index in [4.69, 9.17) is 18.9 Å². The monoisotopic (exact) mass is 319 g/mol. The van der Waals surface area contributed by atoms with Crippen LogP contribution in [-0.4, -0.2) is 38.1 Å². The highest BCUT2D eigenvalue weighted by atomic mass is 16.7. The Morgan fingerprint density at radius 3 is 2.43 bits per heavy atom. The Labute approximate surface area is 135 Å². The molecule has 1 aliphatic carbocycles. The quantitative estimate of drug-likeness (QED) is 0.906. The molecule has 6 nitrogen and oxygen atoms in total. The average molecular weight is 319 g/mol. The second-order valence-electron chi connectivity index (χ2n) is 6.23. The summed E-state index contributed by atoms with van der Waals surface area (Å²) in [4.78, 5) is 12.5. The lowest BCUT2D eigenvalue weighted by molar-refractivity contribution is -0.182. The van der Waals surface area contributed by atoms with Crippen LogP contribution >= 0.6 is 0 Å². The molecule has 0 radical (unpaired) electrons. The van der Waals surface area contributed by atoms with Crippen molar-refractivity contribution in [1.82, 2.24) is 0 Å². The van der Waals surface area contributed by atoms with Gasteiger partial charge in [-0.2, -0.15) is 0 Å². The first-order valence-corrected chi connectivity index (χ1v) is 8.23. The highest BCUT2D eigenvalue weighted by Gasteiger charge is 2.41. The van der Waals surface area contributed by atoms with Gasteiger partial charge < -0.3 is 24.3 Å². The van der Waals surface area contributed by atoms with Crippen molar-refractivity contribution < 1.29 is 23.7 Å². The number of nitrogens with one attached hydrogen (secondary N) is 1. The number of rotatable bonds is 2. The van der Waals surface area contributed by atoms with E-state index >= 15 is 0 Å². The first-order chi connectivity index (χ1) is 11.2. The van der Waals surface area contributed by atoms with E-state index in [2.05, 4.69) is 5.32 Å². The number of amides is 1. The predicted octanol–water partition coefficient (Wildman–Crippen LogP) is 2.33. The number of carbonyl (C=O) groups is 1. The van der Waals surface area contributed by atoms with Gasteiger partial charge in [0.25, 0.3) is 0 Å². The van der Waals surface area contributed by atoms with E-state index in [1.165, 1.54) is 0 Å². The van der Waals surface area contributed by atoms with Gasteiger partial charge in [0.1, 0.15) is 13.2 Å². The molecule has 124 valence electrons. The molecular formula is C17H21NO5. The normalized spacial score (nSPS) is 23.0. The Hall–Kier alpha value is -1.79. The standard InChI is InChI=1S/C17H21NO5/c19-16(12-3-5-17(6-4-12)22-9-10-23-17)18-13-1-2-14-15(11-13)21-8-7-20-14/h1-2,11-12H,3-10H2,(H,18,19). The van der Waals surface area contributed by atoms with E-state index in [9.17, 15) is 4.79 Å². The molecule has 2 fully saturated rings. The topological polar surface area (TPSA) is 66.0 Å². The van der Waals surface area contributed by atoms with Gasteiger partial charge in [0.05, 0.1) is 13.2 Å². The van der Waals surface area contributed by atoms with Gasteiger partial charge in [0, 0.05) is 30.5 Å². The number of anilines is 1. The summed E-state index contributed by atoms with van der Waals surface area (Å²) < 4.78 is 22.4. The third-order valence-electron chi connectivity index (χ3n) is 4.74. The molecule has 6 heteroatoms. The summed E-state index contributed by atoms with van der Waals surface area (Å²) in [7, 11) is 0. The Bertz CT molecular complexity index is 587. The van der Waals surface area contributed by atoms with Crippen molar-refractivity contribution in [2.75, 3.05) is 31.7 Å². The smallest absolute Gasteiger partial charge is 0.227 e. The number of fused-ring (bicyclic) bond motifs is 1. The van der Waals surface area contributed by atoms with Crippen LogP contribution < -0.4 is 14.8 Å². The second kappa shape index (κ2) is 6.02. The maximum Gasteiger partial charge on any atom is 0.227 e. The van der Waals surface area contributed by atoms with Crippen LogP contribution in [0.15, 0.2) is 18.2 Å². The lowest BCUT2D eigenvalue weighted by Crippen LogP contribution is -2.38. The van der Waals surface area contributed by atoms with Gasteiger partial charge in [-0.05, 0) is 25.0 Å². The van der Waals surface area contributed by atoms with Crippen LogP contribution in [0.4, 0.5) is 5.69 Å². The van der Waals surface area contributed by atoms with Crippen molar-refractivity contribution in [3.05, 3.63) is 18.2 Å². The highest BCUT2D eigenvalue weighted by molar-refractivity contribution is 5.93. The van der Waals surface area contributed by atoms with Crippen LogP contribution in [0.25, 0.3) is 0 Å². The number of ether oxygens (including phenoxy) is 4. The van der Waals surface area contributed by atoms with Crippen LogP contribution in [0.5, 0.6) is 11.5 Å². The van der Waals surface area contributed by atoms with Crippen molar-refractivity contribution >= 4 is 11.6 Å². The number of hydrogen-bond donors (Lipinski definition) is 1. The predicted molar refractivity (Wildman–Crippen MR) is 82.7 cm³/mol. The molecule has 4 rings (SSSR count). The number of carbonyl (C=O) groups excluding carboxylic acids is 1. The lowest BCUT2D eigenvalue weighted by atomic mass is 9.84. The zero-order valence-corrected chi connectivity index (χ0v) is 13.0. The molecular weight excluding hydrogens is 298 g/mol. The molecule has 0 unspecified atom stereocenters. The Morgan fingerprint density at radius 1 is 1.00 bits per heavy atom. The van der Waals surface area contributed by atoms with E-state index in [-0.39, 0.29) is 11.8 Å². The van der Waals surface area contributed by atoms with Gasteiger partial charge in [0.2, 0.25) is 5.91 Å². The van der Waals surface area contributed by atoms with Crippen molar-refractivity contribution in [3.63, 3.8) is 0 Å². The van der Waals surface area contributed by atoms with Crippen molar-refractivity contribution in [2.45, 2.75) is 31.5 Å². The Balaban J connectivity index is 1.37. The van der Waals surface area contributed by atoms with Crippen molar-refractivity contribution in [2.24, 2.45) is 5.92 Å². The van der Waals surface area contributed by atoms with Gasteiger partial charge in [-0.1, -0.05) is 0 Å². The van der Waals surface area contributed by atoms with Crippen molar-refractivity contribution in [3.8, 4) is 11.5 Å². The average Bonchev–Trinajstić information content (AvgIpc) is 3.03. The molecule has 23 heavy (non-hydrogen) atoms. The Morgan fingerprint density at radius 2 is 1.70 bits per heavy atom. The molecule has 1 aromatic rings. The lowest BCUT2D eigenvalue weighted by Gasteiger charge is -2.34. The maximum atomic E-state index is 12.5. The summed E-state index contributed by atoms with van der Waals surface area (Å²) >= 11 is 0. The third-order valence-corrected chi connectivity index (χ3v) is 4.74. The maximum absolute atomic E-state index is 12.5. The largest absolute Gasteiger partial charge is 0.486 e. The molecule has 0 bridgehead atoms. The van der Waals surface area contributed by atoms with E-state index in [0.29, 0.717) is 32.2 Å². The molecule has 2 heterocycles. The summed E-state index contributed by atoms with van der Waals surface area (Å²) in [5, 5.41) is 2.98. The van der Waals surface area contributed by atoms with Gasteiger partial charge in [-0.15, -0.1) is 0 Å². The minimum absolute atomic E-state index is 0.00151. The number of hydrogen-bond acceptors (Lipinski definition) is 5. The van der Waals surface area contributed by atoms with E-state index in [1.807, 2.05) is 18.2 Å². The molecule has 0 atom stereocenters. The molecule has 0 aromatic heterocycles. The third kappa shape index (κ3) is 3.01. The second-order valence-corrected chi connectivity index (χ2v) is 6.23. The molecule has 1 aromatic carbocycles. The van der Waals surface area contributed by atoms with Crippen LogP contribution in [0.2, 0.25) is 0 Å². The summed E-state index contributed by atoms with van der Waals surface area (Å²) in [6.45, 7) is 2.42. The molecule has 1 spiro atoms. The van der Waals surface area contributed by atoms with Crippen LogP contribution in [0.1, 0.15) is 25.7 Å². The first kappa shape index (κ1) is 14.8. The summed E-state index contributed by atoms with van der Waals surface area (Å²) in [5.74, 6) is 1.04. The van der Waals surface area contributed by atoms with Gasteiger partial charge in [0.15, 0.2) is 17.3 Å². The molecule has 1 saturated heterocycles. The summed E-state index contributed by atoms with van der Waals surface area (Å²) in [6.07, 6.45) is 3.14. The van der Waals surface area contributed by atoms with E-state index in [1.54, 1.807) is 0 Å². The molecule has 2 aliphatic heterocycles. The van der Waals surface area contributed by atoms with Gasteiger partial charge in [-0.25, -0.2) is 0 Å². The molecule has 1 N–H and O–H groups in total. The van der Waals surface area contributed by atoms with Crippen LogP contribution in [-0.2, 0) is 14.3 Å². The fourth-order valence-corrected chi connectivity index (χ4v) is 3.47. The molecule has 1 saturated carbocycles. The van der Waals surface area contributed by atoms with Gasteiger partial charge >= 0.3 is 0 Å². The van der Waals surface area contributed by atoms with E-state index < -0.39 is 5.79 Å². The van der Waals surface area contributed by atoms with Crippen LogP contribution in [0.3, 0.4) is 0 Å². The zero-order valence-electron chi connectivity index (χ0n) is 13.0. The fraction of sp³-hybridized carbons (Fsp3) is 0.588. The summed E-state index contributed by atoms with van der Waals surface area (Å²) in [5.41, 5.74) is 0.743. The first-order valence-electron chi connectivity index (χ1n) is 8.23. The van der Waals surface area contributed by atoms with Gasteiger partial charge in [-0.3, -0.25) is 4.79 Å². The molecule has 1 amide bonds. The van der Waals surface area contributed by atoms with Crippen LogP contribution in [0, 0.1) is 5.92 Å². The highest BCUT2D eigenvalue weighted by Crippen LogP contribution is 2.39. The Kier molecular flexibility index (Phi) is 3.87. The minimum Gasteiger partial charge on any atom is -0.486 e. The fourth-order valence-electron chi connectivity index (χ4n) is 3.47. The minimum atomic E-state index is -0.423. The SMILES string of the molecule is O=C(Nc1ccc2c(c1)OCCO2)C1CCC2(CC1)OCCO2. The number of benzene rings is 1. The van der Waals surface area contributed by atoms with E-state index in [0.717, 1.165) is 37.1 Å². The van der Waals surface area contributed by atoms with Crippen molar-refractivity contribution in [1.29, 1.82) is 0 Å². The molecule has 3 aliphatic rings. The zero-order chi connectivity index (χ0) is 15.7. The summed E-state index contributed by atoms with van der Waals surface area (Å²) in [6, 6.07) is 5.50.